The number of alkyl halides is 3. The molecule has 0 aliphatic heterocycles. The number of fused-ring (bicyclic) bond motifs is 1. The first kappa shape index (κ1) is 22.7. The summed E-state index contributed by atoms with van der Waals surface area (Å²) in [6.07, 6.45) is -4.98. The summed E-state index contributed by atoms with van der Waals surface area (Å²) in [4.78, 5) is 40.5. The summed E-state index contributed by atoms with van der Waals surface area (Å²) in [5.74, 6) is -1.98. The highest BCUT2D eigenvalue weighted by molar-refractivity contribution is 9.10. The number of esters is 1. The van der Waals surface area contributed by atoms with Crippen molar-refractivity contribution in [3.63, 3.8) is 0 Å². The van der Waals surface area contributed by atoms with Gasteiger partial charge in [0.05, 0.1) is 4.47 Å². The summed E-state index contributed by atoms with van der Waals surface area (Å²) in [6.45, 7) is 4.02. The van der Waals surface area contributed by atoms with Gasteiger partial charge in [-0.2, -0.15) is 13.2 Å². The standard InChI is InChI=1S/C18H14BrF4N3O5/c1-7(27)31-17(2,3)15-24-12-13(9(20)5-8(19)14(12)30-15)26-11(28)6-10(18(21,22)23)25(4)16(26)29/h5-6H,1-4H3. The number of carbonyl (C=O) groups excluding carboxylic acids is 1. The average Bonchev–Trinajstić information content (AvgIpc) is 3.05. The predicted octanol–water partition coefficient (Wildman–Crippen LogP) is 3.40. The van der Waals surface area contributed by atoms with Crippen LogP contribution in [-0.2, 0) is 28.4 Å². The third kappa shape index (κ3) is 3.89. The van der Waals surface area contributed by atoms with Gasteiger partial charge >= 0.3 is 17.8 Å². The fourth-order valence-electron chi connectivity index (χ4n) is 2.98. The number of hydrogen-bond acceptors (Lipinski definition) is 6. The van der Waals surface area contributed by atoms with Gasteiger partial charge in [0, 0.05) is 20.0 Å². The molecule has 0 bridgehead atoms. The lowest BCUT2D eigenvalue weighted by molar-refractivity contribution is -0.156. The van der Waals surface area contributed by atoms with Crippen molar-refractivity contribution in [2.75, 3.05) is 0 Å². The van der Waals surface area contributed by atoms with Crippen molar-refractivity contribution in [3.05, 3.63) is 54.8 Å². The summed E-state index contributed by atoms with van der Waals surface area (Å²) in [5, 5.41) is 0. The number of nitrogens with zero attached hydrogens (tertiary/aromatic N) is 3. The van der Waals surface area contributed by atoms with E-state index >= 15 is 0 Å². The van der Waals surface area contributed by atoms with E-state index in [9.17, 15) is 31.9 Å². The molecule has 13 heteroatoms. The summed E-state index contributed by atoms with van der Waals surface area (Å²) in [5.41, 5.74) is -6.90. The molecule has 0 amide bonds. The van der Waals surface area contributed by atoms with Crippen LogP contribution in [0.25, 0.3) is 16.8 Å². The molecule has 0 saturated heterocycles. The molecule has 3 rings (SSSR count). The van der Waals surface area contributed by atoms with Crippen LogP contribution >= 0.6 is 15.9 Å². The molecule has 1 aromatic carbocycles. The molecule has 0 N–H and O–H groups in total. The molecule has 31 heavy (non-hydrogen) atoms. The highest BCUT2D eigenvalue weighted by Crippen LogP contribution is 2.35. The minimum Gasteiger partial charge on any atom is -0.450 e. The van der Waals surface area contributed by atoms with Crippen molar-refractivity contribution in [2.45, 2.75) is 32.5 Å². The highest BCUT2D eigenvalue weighted by Gasteiger charge is 2.36. The van der Waals surface area contributed by atoms with Gasteiger partial charge in [0.15, 0.2) is 17.0 Å². The quantitative estimate of drug-likeness (QED) is 0.398. The maximum atomic E-state index is 14.9. The van der Waals surface area contributed by atoms with Crippen molar-refractivity contribution in [3.8, 4) is 5.69 Å². The normalized spacial score (nSPS) is 12.4. The Balaban J connectivity index is 2.40. The summed E-state index contributed by atoms with van der Waals surface area (Å²) >= 11 is 3.07. The van der Waals surface area contributed by atoms with Gasteiger partial charge < -0.3 is 9.15 Å². The maximum absolute atomic E-state index is 14.9. The van der Waals surface area contributed by atoms with E-state index in [1.54, 1.807) is 0 Å². The Morgan fingerprint density at radius 3 is 2.39 bits per heavy atom. The first-order valence-corrected chi connectivity index (χ1v) is 9.33. The van der Waals surface area contributed by atoms with Crippen LogP contribution in [0.5, 0.6) is 0 Å². The molecule has 0 atom stereocenters. The van der Waals surface area contributed by atoms with Gasteiger partial charge in [-0.05, 0) is 35.8 Å². The van der Waals surface area contributed by atoms with E-state index in [1.807, 2.05) is 0 Å². The number of aromatic nitrogens is 3. The van der Waals surface area contributed by atoms with Crippen LogP contribution in [0.15, 0.2) is 30.6 Å². The molecule has 0 radical (unpaired) electrons. The van der Waals surface area contributed by atoms with Gasteiger partial charge in [-0.3, -0.25) is 14.2 Å². The Labute approximate surface area is 179 Å². The average molecular weight is 508 g/mol. The molecule has 0 aliphatic rings. The van der Waals surface area contributed by atoms with Gasteiger partial charge in [0.25, 0.3) is 5.56 Å². The van der Waals surface area contributed by atoms with Gasteiger partial charge in [0.1, 0.15) is 16.9 Å². The Bertz CT molecular complexity index is 1340. The lowest BCUT2D eigenvalue weighted by Gasteiger charge is -2.20. The SMILES string of the molecule is CC(=O)OC(C)(C)c1nc2c(-n3c(=O)cc(C(F)(F)F)n(C)c3=O)c(F)cc(Br)c2o1. The molecule has 2 heterocycles. The molecule has 0 fully saturated rings. The number of hydrogen-bond donors (Lipinski definition) is 0. The molecule has 3 aromatic rings. The zero-order valence-electron chi connectivity index (χ0n) is 16.4. The van der Waals surface area contributed by atoms with E-state index in [-0.39, 0.29) is 36.7 Å². The van der Waals surface area contributed by atoms with Crippen molar-refractivity contribution in [1.82, 2.24) is 14.1 Å². The number of benzene rings is 1. The predicted molar refractivity (Wildman–Crippen MR) is 102 cm³/mol. The highest BCUT2D eigenvalue weighted by atomic mass is 79.9. The first-order chi connectivity index (χ1) is 14.1. The van der Waals surface area contributed by atoms with E-state index < -0.39 is 46.2 Å². The van der Waals surface area contributed by atoms with E-state index in [0.717, 1.165) is 20.0 Å². The monoisotopic (exact) mass is 507 g/mol. The van der Waals surface area contributed by atoms with Crippen LogP contribution in [0, 0.1) is 5.82 Å². The number of oxazole rings is 1. The summed E-state index contributed by atoms with van der Waals surface area (Å²) in [6, 6.07) is 1.05. The van der Waals surface area contributed by atoms with E-state index in [1.165, 1.54) is 13.8 Å². The fourth-order valence-corrected chi connectivity index (χ4v) is 3.45. The lowest BCUT2D eigenvalue weighted by Crippen LogP contribution is -2.41. The molecular formula is C18H14BrF4N3O5. The number of halogens is 5. The number of carbonyl (C=O) groups is 1. The second kappa shape index (κ2) is 7.32. The molecular weight excluding hydrogens is 494 g/mol. The maximum Gasteiger partial charge on any atom is 0.431 e. The second-order valence-corrected chi connectivity index (χ2v) is 7.89. The zero-order valence-corrected chi connectivity index (χ0v) is 18.0. The smallest absolute Gasteiger partial charge is 0.431 e. The molecule has 0 aliphatic carbocycles. The molecule has 0 spiro atoms. The molecule has 0 saturated carbocycles. The second-order valence-electron chi connectivity index (χ2n) is 7.03. The van der Waals surface area contributed by atoms with Crippen LogP contribution < -0.4 is 11.2 Å². The number of ether oxygens (including phenoxy) is 1. The third-order valence-electron chi connectivity index (χ3n) is 4.30. The lowest BCUT2D eigenvalue weighted by atomic mass is 10.1. The molecule has 0 unspecified atom stereocenters. The fraction of sp³-hybridized carbons (Fsp3) is 0.333. The van der Waals surface area contributed by atoms with Crippen LogP contribution in [0.3, 0.4) is 0 Å². The van der Waals surface area contributed by atoms with Crippen molar-refractivity contribution >= 4 is 33.0 Å². The summed E-state index contributed by atoms with van der Waals surface area (Å²) < 4.78 is 65.4. The van der Waals surface area contributed by atoms with Crippen molar-refractivity contribution in [1.29, 1.82) is 0 Å². The van der Waals surface area contributed by atoms with Crippen molar-refractivity contribution < 1.29 is 31.5 Å². The minimum atomic E-state index is -4.98. The van der Waals surface area contributed by atoms with E-state index in [2.05, 4.69) is 20.9 Å². The van der Waals surface area contributed by atoms with E-state index in [0.29, 0.717) is 0 Å². The molecule has 8 nitrogen and oxygen atoms in total. The largest absolute Gasteiger partial charge is 0.450 e. The molecule has 2 aromatic heterocycles. The number of rotatable bonds is 3. The van der Waals surface area contributed by atoms with Crippen LogP contribution in [0.1, 0.15) is 32.4 Å². The third-order valence-corrected chi connectivity index (χ3v) is 4.89. The summed E-state index contributed by atoms with van der Waals surface area (Å²) in [7, 11) is 0.799. The van der Waals surface area contributed by atoms with Gasteiger partial charge in [-0.25, -0.2) is 18.7 Å². The van der Waals surface area contributed by atoms with Gasteiger partial charge in [0.2, 0.25) is 5.89 Å². The first-order valence-electron chi connectivity index (χ1n) is 8.54. The Kier molecular flexibility index (Phi) is 5.37. The Morgan fingerprint density at radius 2 is 1.84 bits per heavy atom. The Morgan fingerprint density at radius 1 is 1.23 bits per heavy atom. The molecule has 166 valence electrons. The zero-order chi connectivity index (χ0) is 23.5. The van der Waals surface area contributed by atoms with Crippen LogP contribution in [0.4, 0.5) is 17.6 Å². The minimum absolute atomic E-state index is 0.0536. The van der Waals surface area contributed by atoms with Crippen LogP contribution in [0.2, 0.25) is 0 Å². The Hall–Kier alpha value is -2.96. The van der Waals surface area contributed by atoms with E-state index in [4.69, 9.17) is 9.15 Å². The van der Waals surface area contributed by atoms with Gasteiger partial charge in [-0.15, -0.1) is 0 Å². The van der Waals surface area contributed by atoms with Crippen molar-refractivity contribution in [2.24, 2.45) is 7.05 Å². The van der Waals surface area contributed by atoms with Gasteiger partial charge in [-0.1, -0.05) is 0 Å². The topological polar surface area (TPSA) is 96.3 Å². The van der Waals surface area contributed by atoms with Crippen LogP contribution in [-0.4, -0.2) is 20.1 Å².